The number of allylic oxidation sites excluding steroid dienone is 1. The zero-order valence-corrected chi connectivity index (χ0v) is 26.7. The second-order valence-corrected chi connectivity index (χ2v) is 13.1. The van der Waals surface area contributed by atoms with Gasteiger partial charge < -0.3 is 9.47 Å². The summed E-state index contributed by atoms with van der Waals surface area (Å²) in [5.74, 6) is 1.81. The first-order chi connectivity index (χ1) is 18.9. The fourth-order valence-electron chi connectivity index (χ4n) is 4.52. The third kappa shape index (κ3) is 10.0. The molecule has 2 aromatic rings. The van der Waals surface area contributed by atoms with Crippen LogP contribution in [0, 0.1) is 39.5 Å². The first-order valence-electron chi connectivity index (χ1n) is 14.1. The van der Waals surface area contributed by atoms with Gasteiger partial charge in [-0.05, 0) is 27.2 Å². The predicted octanol–water partition coefficient (Wildman–Crippen LogP) is 8.36. The maximum atomic E-state index is 12.3. The van der Waals surface area contributed by atoms with Crippen LogP contribution in [0.15, 0.2) is 47.5 Å². The summed E-state index contributed by atoms with van der Waals surface area (Å²) in [6, 6.07) is 8.78. The van der Waals surface area contributed by atoms with Gasteiger partial charge in [-0.2, -0.15) is 0 Å². The van der Waals surface area contributed by atoms with Gasteiger partial charge in [-0.1, -0.05) is 13.5 Å². The summed E-state index contributed by atoms with van der Waals surface area (Å²) in [7, 11) is 0. The minimum absolute atomic E-state index is 0.120. The molecular weight excluding hydrogens is 547 g/mol. The number of benzene rings is 2. The average molecular weight is 596 g/mol. The number of carbonyl (C=O) groups excluding carboxylic acids is 1. The Morgan fingerprint density at radius 2 is 1.20 bits per heavy atom. The van der Waals surface area contributed by atoms with Crippen molar-refractivity contribution in [1.82, 2.24) is 0 Å². The molecule has 0 fully saturated rings. The van der Waals surface area contributed by atoms with E-state index in [9.17, 15) is 8.66 Å². The molecule has 0 aliphatic rings. The smallest absolute Gasteiger partial charge is 0.0361 e. The summed E-state index contributed by atoms with van der Waals surface area (Å²) in [6.45, 7) is 24.8. The summed E-state index contributed by atoms with van der Waals surface area (Å²) in [5, 5.41) is 0.620. The number of esters is 1. The van der Waals surface area contributed by atoms with Crippen LogP contribution >= 0.6 is 0 Å². The van der Waals surface area contributed by atoms with Crippen molar-refractivity contribution in [3.63, 3.8) is 0 Å². The fraction of sp³-hybridized carbons (Fsp3) is 0.500. The van der Waals surface area contributed by atoms with E-state index in [1.807, 2.05) is 6.92 Å². The second-order valence-electron chi connectivity index (χ2n) is 10.9. The van der Waals surface area contributed by atoms with Crippen LogP contribution in [-0.2, 0) is 33.4 Å². The molecule has 0 aliphatic carbocycles. The van der Waals surface area contributed by atoms with E-state index in [2.05, 4.69) is 79.0 Å². The molecule has 5 nitrogen and oxygen atoms in total. The molecule has 0 spiro atoms. The zero-order chi connectivity index (χ0) is 30.0. The molecule has 0 saturated heterocycles. The maximum absolute atomic E-state index is 12.3. The molecule has 2 unspecified atom stereocenters. The molecule has 0 bridgehead atoms. The molecule has 6 heteroatoms. The molecule has 2 atom stereocenters. The Bertz CT molecular complexity index is 1180. The second kappa shape index (κ2) is 15.9. The molecule has 40 heavy (non-hydrogen) atoms. The van der Waals surface area contributed by atoms with Crippen LogP contribution in [0.2, 0.25) is 5.36 Å². The summed E-state index contributed by atoms with van der Waals surface area (Å²) in [6.07, 6.45) is 2.59. The van der Waals surface area contributed by atoms with Gasteiger partial charge in [0.2, 0.25) is 0 Å². The van der Waals surface area contributed by atoms with Crippen LogP contribution in [0.25, 0.3) is 0 Å². The standard InChI is InChI=1S/C31H43O4.C3H5.Co.O/c1-10-21(5)17-33-29-22(6)12-27(13-23(29)7)16-28-14-24(8)30(25(9)15-28)34-18-26(11-2)19-35-31(32)20(3)4;1-3-2;;/h12-15,21,26H,3,5,10-11,16-19H2,1-2,4,6-9H3;1H2,2H3;;. The first-order valence-corrected chi connectivity index (χ1v) is 15.7. The van der Waals surface area contributed by atoms with Crippen LogP contribution in [-0.4, -0.2) is 25.8 Å². The molecular formula is C34H48CoO5. The van der Waals surface area contributed by atoms with Gasteiger partial charge in [0.05, 0.1) is 13.2 Å². The van der Waals surface area contributed by atoms with Crippen molar-refractivity contribution in [1.29, 1.82) is 0 Å². The van der Waals surface area contributed by atoms with Crippen LogP contribution in [0.5, 0.6) is 11.5 Å². The minimum Gasteiger partial charge on any atom is -0.0361 e. The van der Waals surface area contributed by atoms with Crippen molar-refractivity contribution < 1.29 is 36.5 Å². The topological polar surface area (TPSA) is 61.8 Å². The van der Waals surface area contributed by atoms with Gasteiger partial charge in [0, 0.05) is 11.5 Å². The van der Waals surface area contributed by atoms with Gasteiger partial charge in [0.1, 0.15) is 5.75 Å². The summed E-state index contributed by atoms with van der Waals surface area (Å²) in [4.78, 5) is 11.7. The third-order valence-electron chi connectivity index (χ3n) is 6.96. The first kappa shape index (κ1) is 33.5. The summed E-state index contributed by atoms with van der Waals surface area (Å²) < 4.78 is 30.8. The van der Waals surface area contributed by atoms with E-state index in [0.29, 0.717) is 30.7 Å². The Morgan fingerprint density at radius 3 is 1.57 bits per heavy atom. The van der Waals surface area contributed by atoms with Gasteiger partial charge in [-0.25, -0.2) is 4.79 Å². The van der Waals surface area contributed by atoms with Crippen molar-refractivity contribution in [2.24, 2.45) is 11.8 Å². The molecule has 0 radical (unpaired) electrons. The number of hydrogen-bond donors (Lipinski definition) is 0. The molecule has 0 aliphatic heterocycles. The van der Waals surface area contributed by atoms with Crippen LogP contribution < -0.4 is 9.47 Å². The molecule has 0 aromatic heterocycles. The van der Waals surface area contributed by atoms with E-state index in [4.69, 9.17) is 14.2 Å². The normalized spacial score (nSPS) is 12.8. The molecule has 223 valence electrons. The van der Waals surface area contributed by atoms with Gasteiger partial charge >= 0.3 is 161 Å². The molecule has 0 amide bonds. The molecule has 2 rings (SSSR count). The average Bonchev–Trinajstić information content (AvgIpc) is 2.88. The Morgan fingerprint density at radius 1 is 0.775 bits per heavy atom. The van der Waals surface area contributed by atoms with Gasteiger partial charge in [0.15, 0.2) is 0 Å². The summed E-state index contributed by atoms with van der Waals surface area (Å²) >= 11 is -1.37. The van der Waals surface area contributed by atoms with E-state index in [-0.39, 0.29) is 17.8 Å². The van der Waals surface area contributed by atoms with Crippen molar-refractivity contribution >= 4 is 5.97 Å². The van der Waals surface area contributed by atoms with Crippen molar-refractivity contribution in [3.8, 4) is 11.5 Å². The SMILES string of the molecule is C=C(C)C(=O)OCC(CC)COc1c(C)cc(Cc2cc(C)c(OCC(CC)[CH2][Co](=[O])[C](=C)C)c(C)c2)cc1C. The summed E-state index contributed by atoms with van der Waals surface area (Å²) in [5.41, 5.74) is 7.28. The molecule has 0 saturated carbocycles. The number of carbonyl (C=O) groups is 1. The van der Waals surface area contributed by atoms with Gasteiger partial charge in [-0.3, -0.25) is 0 Å². The number of hydrogen-bond acceptors (Lipinski definition) is 5. The van der Waals surface area contributed by atoms with Gasteiger partial charge in [-0.15, -0.1) is 0 Å². The Balaban J connectivity index is 2.06. The number of rotatable bonds is 16. The Labute approximate surface area is 246 Å². The zero-order valence-electron chi connectivity index (χ0n) is 25.7. The quantitative estimate of drug-likeness (QED) is 0.144. The Hall–Kier alpha value is -2.70. The van der Waals surface area contributed by atoms with Crippen molar-refractivity contribution in [3.05, 3.63) is 80.9 Å². The van der Waals surface area contributed by atoms with E-state index < -0.39 is 13.6 Å². The van der Waals surface area contributed by atoms with E-state index in [1.165, 1.54) is 11.1 Å². The van der Waals surface area contributed by atoms with E-state index in [0.717, 1.165) is 57.5 Å². The van der Waals surface area contributed by atoms with Crippen LogP contribution in [0.4, 0.5) is 0 Å². The monoisotopic (exact) mass is 595 g/mol. The van der Waals surface area contributed by atoms with Crippen molar-refractivity contribution in [2.75, 3.05) is 19.8 Å². The number of aryl methyl sites for hydroxylation is 4. The molecule has 2 aromatic carbocycles. The number of ether oxygens (including phenoxy) is 3. The molecule has 0 heterocycles. The van der Waals surface area contributed by atoms with Crippen molar-refractivity contribution in [2.45, 2.75) is 80.0 Å². The van der Waals surface area contributed by atoms with Gasteiger partial charge in [0.25, 0.3) is 0 Å². The van der Waals surface area contributed by atoms with E-state index >= 15 is 0 Å². The third-order valence-corrected chi connectivity index (χ3v) is 8.94. The van der Waals surface area contributed by atoms with E-state index in [1.54, 1.807) is 6.92 Å². The van der Waals surface area contributed by atoms with Crippen LogP contribution in [0.3, 0.4) is 0 Å². The fourth-order valence-corrected chi connectivity index (χ4v) is 5.85. The Kier molecular flexibility index (Phi) is 13.3. The molecule has 0 N–H and O–H groups in total. The minimum atomic E-state index is -1.37. The van der Waals surface area contributed by atoms with Crippen LogP contribution in [0.1, 0.15) is 73.9 Å². The predicted molar refractivity (Wildman–Crippen MR) is 159 cm³/mol.